The minimum Gasteiger partial charge on any atom is -0.326 e. The maximum atomic E-state index is 2.19. The van der Waals surface area contributed by atoms with Crippen LogP contribution < -0.4 is 0 Å². The minimum atomic E-state index is 0. The van der Waals surface area contributed by atoms with Crippen LogP contribution in [0.5, 0.6) is 0 Å². The van der Waals surface area contributed by atoms with Crippen molar-refractivity contribution >= 4 is 0 Å². The Morgan fingerprint density at radius 2 is 1.00 bits per heavy atom. The van der Waals surface area contributed by atoms with Crippen LogP contribution in [-0.2, 0) is 98.1 Å². The third-order valence-electron chi connectivity index (χ3n) is 0.866. The molecule has 0 aliphatic carbocycles. The van der Waals surface area contributed by atoms with E-state index in [-0.39, 0.29) is 98.1 Å². The van der Waals surface area contributed by atoms with Crippen molar-refractivity contribution in [3.63, 3.8) is 0 Å². The van der Waals surface area contributed by atoms with E-state index in [0.717, 1.165) is 0 Å². The summed E-state index contributed by atoms with van der Waals surface area (Å²) < 4.78 is 0. The van der Waals surface area contributed by atoms with Crippen molar-refractivity contribution in [2.24, 2.45) is 5.41 Å². The molecule has 3 radical (unpaired) electrons. The molecule has 0 N–H and O–H groups in total. The molecule has 0 saturated heterocycles. The van der Waals surface area contributed by atoms with Crippen LogP contribution in [0.1, 0.15) is 27.7 Å². The van der Waals surface area contributed by atoms with Gasteiger partial charge in [0.15, 0.2) is 0 Å². The summed E-state index contributed by atoms with van der Waals surface area (Å²) in [6.07, 6.45) is 2.19. The summed E-state index contributed by atoms with van der Waals surface area (Å²) in [5.41, 5.74) is 0.417. The second-order valence-electron chi connectivity index (χ2n) is 2.65. The molecule has 0 atom stereocenters. The SMILES string of the molecule is C[CH-]C(C)(C)C.[Y].[Y].[Y]. The molecule has 0 amide bonds. The molecule has 0 aromatic rings. The quantitative estimate of drug-likeness (QED) is 0.587. The van der Waals surface area contributed by atoms with E-state index in [1.54, 1.807) is 0 Å². The molecule has 3 heteroatoms. The van der Waals surface area contributed by atoms with Crippen LogP contribution in [0.3, 0.4) is 0 Å². The van der Waals surface area contributed by atoms with E-state index < -0.39 is 0 Å². The zero-order valence-electron chi connectivity index (χ0n) is 6.81. The molecule has 0 saturated carbocycles. The average molecular weight is 352 g/mol. The van der Waals surface area contributed by atoms with Crippen molar-refractivity contribution in [3.8, 4) is 0 Å². The van der Waals surface area contributed by atoms with Crippen molar-refractivity contribution in [1.82, 2.24) is 0 Å². The van der Waals surface area contributed by atoms with Gasteiger partial charge in [0.25, 0.3) is 0 Å². The normalized spacial score (nSPS) is 8.00. The van der Waals surface area contributed by atoms with Gasteiger partial charge in [-0.3, -0.25) is 0 Å². The van der Waals surface area contributed by atoms with Crippen molar-refractivity contribution in [3.05, 3.63) is 6.42 Å². The summed E-state index contributed by atoms with van der Waals surface area (Å²) in [5.74, 6) is 0. The van der Waals surface area contributed by atoms with Gasteiger partial charge in [-0.15, -0.1) is 0 Å². The maximum absolute atomic E-state index is 2.19. The first-order valence-corrected chi connectivity index (χ1v) is 2.37. The van der Waals surface area contributed by atoms with Gasteiger partial charge in [-0.05, 0) is 0 Å². The molecule has 9 heavy (non-hydrogen) atoms. The Kier molecular flexibility index (Phi) is 28.7. The largest absolute Gasteiger partial charge is 0.326 e. The summed E-state index contributed by atoms with van der Waals surface area (Å²) in [6, 6.07) is 0. The monoisotopic (exact) mass is 352 g/mol. The van der Waals surface area contributed by atoms with Crippen LogP contribution in [-0.4, -0.2) is 0 Å². The summed E-state index contributed by atoms with van der Waals surface area (Å²) in [5, 5.41) is 0. The Morgan fingerprint density at radius 1 is 0.889 bits per heavy atom. The fourth-order valence-corrected chi connectivity index (χ4v) is 0. The number of hydrogen-bond donors (Lipinski definition) is 0. The van der Waals surface area contributed by atoms with Gasteiger partial charge in [0.2, 0.25) is 0 Å². The molecular formula is C6H13Y3-. The molecule has 0 aliphatic heterocycles. The molecule has 0 heterocycles. The van der Waals surface area contributed by atoms with Gasteiger partial charge < -0.3 is 6.42 Å². The fraction of sp³-hybridized carbons (Fsp3) is 0.833. The van der Waals surface area contributed by atoms with Crippen LogP contribution in [0.25, 0.3) is 0 Å². The van der Waals surface area contributed by atoms with E-state index in [0.29, 0.717) is 5.41 Å². The van der Waals surface area contributed by atoms with Crippen LogP contribution >= 0.6 is 0 Å². The van der Waals surface area contributed by atoms with E-state index in [1.165, 1.54) is 0 Å². The third-order valence-corrected chi connectivity index (χ3v) is 0.866. The van der Waals surface area contributed by atoms with Gasteiger partial charge in [-0.2, -0.15) is 12.3 Å². The second-order valence-corrected chi connectivity index (χ2v) is 2.65. The zero-order valence-corrected chi connectivity index (χ0v) is 15.3. The first-order chi connectivity index (χ1) is 2.56. The molecule has 0 aliphatic rings. The molecule has 0 spiro atoms. The van der Waals surface area contributed by atoms with E-state index in [4.69, 9.17) is 0 Å². The smallest absolute Gasteiger partial charge is 0 e. The Morgan fingerprint density at radius 3 is 1.00 bits per heavy atom. The number of rotatable bonds is 0. The fourth-order valence-electron chi connectivity index (χ4n) is 0. The molecular weight excluding hydrogens is 339 g/mol. The summed E-state index contributed by atoms with van der Waals surface area (Å²) in [7, 11) is 0. The van der Waals surface area contributed by atoms with E-state index in [2.05, 4.69) is 34.1 Å². The Bertz CT molecular complexity index is 38.1. The molecule has 47 valence electrons. The van der Waals surface area contributed by atoms with E-state index in [9.17, 15) is 0 Å². The second kappa shape index (κ2) is 11.3. The topological polar surface area (TPSA) is 0 Å². The third kappa shape index (κ3) is 24.6. The molecule has 0 aromatic heterocycles. The summed E-state index contributed by atoms with van der Waals surface area (Å²) >= 11 is 0. The first kappa shape index (κ1) is 22.8. The molecule has 0 rings (SSSR count). The van der Waals surface area contributed by atoms with Gasteiger partial charge in [0.05, 0.1) is 0 Å². The Balaban J connectivity index is -0.0000000417. The molecule has 0 aromatic carbocycles. The Hall–Kier alpha value is 3.31. The van der Waals surface area contributed by atoms with Gasteiger partial charge in [-0.1, -0.05) is 20.8 Å². The van der Waals surface area contributed by atoms with Crippen molar-refractivity contribution in [1.29, 1.82) is 0 Å². The van der Waals surface area contributed by atoms with Crippen LogP contribution in [0.15, 0.2) is 0 Å². The van der Waals surface area contributed by atoms with Crippen LogP contribution in [0.2, 0.25) is 0 Å². The summed E-state index contributed by atoms with van der Waals surface area (Å²) in [6.45, 7) is 8.65. The zero-order chi connectivity index (χ0) is 5.21. The molecule has 0 nitrogen and oxygen atoms in total. The van der Waals surface area contributed by atoms with E-state index in [1.807, 2.05) is 0 Å². The molecule has 0 unspecified atom stereocenters. The minimum absolute atomic E-state index is 0. The average Bonchev–Trinajstić information content (AvgIpc) is 1.35. The predicted molar refractivity (Wildman–Crippen MR) is 29.4 cm³/mol. The van der Waals surface area contributed by atoms with Crippen LogP contribution in [0.4, 0.5) is 0 Å². The number of hydrogen-bond acceptors (Lipinski definition) is 0. The van der Waals surface area contributed by atoms with Crippen molar-refractivity contribution in [2.75, 3.05) is 0 Å². The van der Waals surface area contributed by atoms with Gasteiger partial charge >= 0.3 is 0 Å². The van der Waals surface area contributed by atoms with Gasteiger partial charge in [0.1, 0.15) is 0 Å². The van der Waals surface area contributed by atoms with Crippen LogP contribution in [0, 0.1) is 11.8 Å². The standard InChI is InChI=1S/C6H13.3Y/c1-5-6(2,3)4;;;/h5H,1-4H3;;;/q-1;;;. The van der Waals surface area contributed by atoms with Gasteiger partial charge in [0, 0.05) is 98.1 Å². The van der Waals surface area contributed by atoms with E-state index >= 15 is 0 Å². The molecule has 0 bridgehead atoms. The van der Waals surface area contributed by atoms with Crippen molar-refractivity contribution < 1.29 is 98.1 Å². The Labute approximate surface area is 135 Å². The van der Waals surface area contributed by atoms with Crippen molar-refractivity contribution in [2.45, 2.75) is 27.7 Å². The maximum Gasteiger partial charge on any atom is 0 e. The molecule has 0 fully saturated rings. The first-order valence-electron chi connectivity index (χ1n) is 2.37. The summed E-state index contributed by atoms with van der Waals surface area (Å²) in [4.78, 5) is 0. The van der Waals surface area contributed by atoms with Gasteiger partial charge in [-0.25, -0.2) is 0 Å². The predicted octanol–water partition coefficient (Wildman–Crippen LogP) is 2.25.